The lowest BCUT2D eigenvalue weighted by molar-refractivity contribution is 0.0600. The van der Waals surface area contributed by atoms with Crippen molar-refractivity contribution >= 4 is 30.8 Å². The molecule has 0 fully saturated rings. The van der Waals surface area contributed by atoms with Crippen LogP contribution in [0.3, 0.4) is 0 Å². The quantitative estimate of drug-likeness (QED) is 0.158. The molecule has 2 aromatic rings. The van der Waals surface area contributed by atoms with Gasteiger partial charge in [-0.2, -0.15) is 0 Å². The van der Waals surface area contributed by atoms with Crippen LogP contribution in [0.4, 0.5) is 0 Å². The van der Waals surface area contributed by atoms with Gasteiger partial charge in [-0.15, -0.1) is 24.8 Å². The molecule has 0 amide bonds. The zero-order valence-electron chi connectivity index (χ0n) is 22.2. The van der Waals surface area contributed by atoms with Crippen molar-refractivity contribution in [2.24, 2.45) is 0 Å². The van der Waals surface area contributed by atoms with Crippen LogP contribution in [0, 0.1) is 0 Å². The standard InChI is InChI=1S/C29H42N2O4.2ClH/c1-3-19-31(25-13-14-26-24(21-25)12-15-27(32)28(26)33)20-7-5-4-6-17-30-18-16-22-8-10-23(11-9-22)29(34)35-2;;/h8-12,15,25,30,32-33H,3-7,13-14,16-21H2,1-2H3;2*1H. The summed E-state index contributed by atoms with van der Waals surface area (Å²) in [5.41, 5.74) is 3.93. The highest BCUT2D eigenvalue weighted by atomic mass is 35.5. The van der Waals surface area contributed by atoms with E-state index in [-0.39, 0.29) is 42.3 Å². The molecule has 6 nitrogen and oxygen atoms in total. The third-order valence-electron chi connectivity index (χ3n) is 7.08. The van der Waals surface area contributed by atoms with Crippen molar-refractivity contribution in [3.05, 3.63) is 58.7 Å². The van der Waals surface area contributed by atoms with Crippen LogP contribution in [0.2, 0.25) is 0 Å². The van der Waals surface area contributed by atoms with Gasteiger partial charge in [0.25, 0.3) is 0 Å². The molecule has 1 atom stereocenters. The number of unbranched alkanes of at least 4 members (excludes halogenated alkanes) is 3. The number of rotatable bonds is 14. The number of halogens is 2. The topological polar surface area (TPSA) is 82.0 Å². The van der Waals surface area contributed by atoms with E-state index in [9.17, 15) is 15.0 Å². The molecule has 8 heteroatoms. The van der Waals surface area contributed by atoms with Crippen molar-refractivity contribution in [1.82, 2.24) is 10.2 Å². The molecule has 0 aromatic heterocycles. The first-order valence-electron chi connectivity index (χ1n) is 13.2. The number of carbonyl (C=O) groups excluding carboxylic acids is 1. The molecule has 0 spiro atoms. The number of methoxy groups -OCH3 is 1. The van der Waals surface area contributed by atoms with E-state index in [1.165, 1.54) is 43.9 Å². The molecule has 0 saturated heterocycles. The molecule has 0 aliphatic heterocycles. The highest BCUT2D eigenvalue weighted by Gasteiger charge is 2.26. The van der Waals surface area contributed by atoms with Crippen LogP contribution < -0.4 is 5.32 Å². The second-order valence-corrected chi connectivity index (χ2v) is 9.61. The molecule has 2 aromatic carbocycles. The van der Waals surface area contributed by atoms with E-state index < -0.39 is 0 Å². The fraction of sp³-hybridized carbons (Fsp3) is 0.552. The van der Waals surface area contributed by atoms with Crippen molar-refractivity contribution in [1.29, 1.82) is 0 Å². The summed E-state index contributed by atoms with van der Waals surface area (Å²) >= 11 is 0. The summed E-state index contributed by atoms with van der Waals surface area (Å²) < 4.78 is 4.74. The van der Waals surface area contributed by atoms with Crippen molar-refractivity contribution in [2.45, 2.75) is 70.8 Å². The Morgan fingerprint density at radius 3 is 2.43 bits per heavy atom. The number of nitrogens with zero attached hydrogens (tertiary/aromatic N) is 1. The molecular weight excluding hydrogens is 511 g/mol. The predicted octanol–water partition coefficient (Wildman–Crippen LogP) is 5.69. The van der Waals surface area contributed by atoms with Gasteiger partial charge in [0, 0.05) is 11.6 Å². The molecule has 37 heavy (non-hydrogen) atoms. The first-order chi connectivity index (χ1) is 17.0. The predicted molar refractivity (Wildman–Crippen MR) is 155 cm³/mol. The molecule has 0 radical (unpaired) electrons. The Morgan fingerprint density at radius 2 is 1.73 bits per heavy atom. The highest BCUT2D eigenvalue weighted by molar-refractivity contribution is 5.89. The first-order valence-corrected chi connectivity index (χ1v) is 13.2. The average molecular weight is 556 g/mol. The SMILES string of the molecule is CCCN(CCCCCCNCCc1ccc(C(=O)OC)cc1)C1CCc2c(ccc(O)c2O)C1.Cl.Cl. The van der Waals surface area contributed by atoms with E-state index >= 15 is 0 Å². The summed E-state index contributed by atoms with van der Waals surface area (Å²) in [7, 11) is 1.40. The lowest BCUT2D eigenvalue weighted by atomic mass is 9.86. The van der Waals surface area contributed by atoms with E-state index in [2.05, 4.69) is 17.1 Å². The average Bonchev–Trinajstić information content (AvgIpc) is 2.89. The number of aromatic hydroxyl groups is 2. The number of phenols is 2. The van der Waals surface area contributed by atoms with Crippen molar-refractivity contribution < 1.29 is 19.7 Å². The van der Waals surface area contributed by atoms with Gasteiger partial charge in [0.2, 0.25) is 0 Å². The largest absolute Gasteiger partial charge is 0.504 e. The van der Waals surface area contributed by atoms with Gasteiger partial charge in [-0.3, -0.25) is 0 Å². The molecule has 0 bridgehead atoms. The van der Waals surface area contributed by atoms with E-state index in [0.29, 0.717) is 11.6 Å². The van der Waals surface area contributed by atoms with Crippen LogP contribution in [0.25, 0.3) is 0 Å². The van der Waals surface area contributed by atoms with Crippen LogP contribution >= 0.6 is 24.8 Å². The number of ether oxygens (including phenoxy) is 1. The number of phenolic OH excluding ortho intramolecular Hbond substituents is 2. The van der Waals surface area contributed by atoms with Crippen LogP contribution in [0.5, 0.6) is 11.5 Å². The van der Waals surface area contributed by atoms with Gasteiger partial charge in [0.1, 0.15) is 0 Å². The van der Waals surface area contributed by atoms with Crippen molar-refractivity contribution in [2.75, 3.05) is 33.3 Å². The minimum absolute atomic E-state index is 0. The van der Waals surface area contributed by atoms with Gasteiger partial charge in [-0.1, -0.05) is 38.0 Å². The van der Waals surface area contributed by atoms with Crippen molar-refractivity contribution in [3.63, 3.8) is 0 Å². The number of hydrogen-bond donors (Lipinski definition) is 3. The summed E-state index contributed by atoms with van der Waals surface area (Å²) in [4.78, 5) is 14.1. The molecule has 1 unspecified atom stereocenters. The zero-order chi connectivity index (χ0) is 25.0. The lowest BCUT2D eigenvalue weighted by Gasteiger charge is -2.35. The second-order valence-electron chi connectivity index (χ2n) is 9.61. The van der Waals surface area contributed by atoms with Crippen LogP contribution in [-0.4, -0.2) is 60.4 Å². The van der Waals surface area contributed by atoms with Crippen LogP contribution in [-0.2, 0) is 24.0 Å². The smallest absolute Gasteiger partial charge is 0.337 e. The third kappa shape index (κ3) is 10.0. The summed E-state index contributed by atoms with van der Waals surface area (Å²) in [5.74, 6) is -0.220. The Balaban J connectivity index is 0.00000342. The third-order valence-corrected chi connectivity index (χ3v) is 7.08. The van der Waals surface area contributed by atoms with Gasteiger partial charge in [0.15, 0.2) is 11.5 Å². The number of nitrogens with one attached hydrogen (secondary N) is 1. The Morgan fingerprint density at radius 1 is 1.00 bits per heavy atom. The number of benzene rings is 2. The number of esters is 1. The van der Waals surface area contributed by atoms with Crippen LogP contribution in [0.15, 0.2) is 36.4 Å². The molecule has 3 rings (SSSR count). The fourth-order valence-electron chi connectivity index (χ4n) is 5.08. The van der Waals surface area contributed by atoms with E-state index in [4.69, 9.17) is 4.74 Å². The second kappa shape index (κ2) is 17.5. The Bertz CT molecular complexity index is 940. The number of hydrogen-bond acceptors (Lipinski definition) is 6. The number of fused-ring (bicyclic) bond motifs is 1. The Kier molecular flexibility index (Phi) is 15.6. The highest BCUT2D eigenvalue weighted by Crippen LogP contribution is 2.36. The molecule has 1 aliphatic carbocycles. The molecule has 208 valence electrons. The van der Waals surface area contributed by atoms with Gasteiger partial charge in [-0.05, 0) is 100 Å². The maximum atomic E-state index is 11.5. The lowest BCUT2D eigenvalue weighted by Crippen LogP contribution is -2.40. The Labute approximate surface area is 234 Å². The van der Waals surface area contributed by atoms with Gasteiger partial charge >= 0.3 is 5.97 Å². The van der Waals surface area contributed by atoms with Gasteiger partial charge in [-0.25, -0.2) is 4.79 Å². The number of carbonyl (C=O) groups is 1. The summed E-state index contributed by atoms with van der Waals surface area (Å²) in [5, 5.41) is 23.5. The van der Waals surface area contributed by atoms with E-state index in [1.807, 2.05) is 30.3 Å². The maximum absolute atomic E-state index is 11.5. The molecular formula is C29H44Cl2N2O4. The summed E-state index contributed by atoms with van der Waals surface area (Å²) in [6.07, 6.45) is 9.83. The first kappa shape index (κ1) is 33.0. The molecule has 1 aliphatic rings. The molecule has 3 N–H and O–H groups in total. The monoisotopic (exact) mass is 554 g/mol. The molecule has 0 heterocycles. The van der Waals surface area contributed by atoms with Gasteiger partial charge in [0.05, 0.1) is 12.7 Å². The minimum atomic E-state index is -0.294. The summed E-state index contributed by atoms with van der Waals surface area (Å²) in [6.45, 7) is 6.47. The van der Waals surface area contributed by atoms with Gasteiger partial charge < -0.3 is 25.2 Å². The fourth-order valence-corrected chi connectivity index (χ4v) is 5.08. The van der Waals surface area contributed by atoms with E-state index in [1.54, 1.807) is 6.07 Å². The van der Waals surface area contributed by atoms with E-state index in [0.717, 1.165) is 63.8 Å². The summed E-state index contributed by atoms with van der Waals surface area (Å²) in [6, 6.07) is 11.8. The van der Waals surface area contributed by atoms with Crippen molar-refractivity contribution in [3.8, 4) is 11.5 Å². The van der Waals surface area contributed by atoms with Crippen LogP contribution in [0.1, 0.15) is 72.5 Å². The zero-order valence-corrected chi connectivity index (χ0v) is 23.8. The maximum Gasteiger partial charge on any atom is 0.337 e. The Hall–Kier alpha value is -1.99. The normalized spacial score (nSPS) is 14.4. The molecule has 0 saturated carbocycles. The minimum Gasteiger partial charge on any atom is -0.504 e.